The number of anilines is 1. The average molecular weight is 616 g/mol. The van der Waals surface area contributed by atoms with Gasteiger partial charge in [0, 0.05) is 24.4 Å². The van der Waals surface area contributed by atoms with Gasteiger partial charge in [0.05, 0.1) is 19.0 Å². The van der Waals surface area contributed by atoms with Crippen molar-refractivity contribution >= 4 is 40.4 Å². The SMILES string of the molecule is [N-]=[N+]=NCCCCCCNc1ncnc2c1ncn2[C@@H]1O[C@H](COP(=O)(O)OP(=O)(O)OP(=O)(O)O)C[C@H]1O. The summed E-state index contributed by atoms with van der Waals surface area (Å²) in [5.41, 5.74) is 9.01. The number of nitrogens with one attached hydrogen (secondary N) is 1. The van der Waals surface area contributed by atoms with Crippen LogP contribution in [0.4, 0.5) is 5.82 Å². The molecule has 20 nitrogen and oxygen atoms in total. The number of unbranched alkanes of at least 4 members (excludes halogenated alkanes) is 3. The number of phosphoric acid groups is 3. The number of imidazole rings is 1. The highest BCUT2D eigenvalue weighted by Crippen LogP contribution is 2.66. The van der Waals surface area contributed by atoms with Gasteiger partial charge in [0.25, 0.3) is 0 Å². The van der Waals surface area contributed by atoms with Crippen molar-refractivity contribution in [3.63, 3.8) is 0 Å². The van der Waals surface area contributed by atoms with E-state index in [9.17, 15) is 28.6 Å². The number of aliphatic hydroxyl groups is 1. The van der Waals surface area contributed by atoms with E-state index >= 15 is 0 Å². The first-order valence-electron chi connectivity index (χ1n) is 11.3. The van der Waals surface area contributed by atoms with Crippen LogP contribution in [0.15, 0.2) is 17.8 Å². The second-order valence-corrected chi connectivity index (χ2v) is 12.6. The van der Waals surface area contributed by atoms with E-state index in [0.717, 1.165) is 25.7 Å². The number of phosphoric ester groups is 1. The fourth-order valence-corrected chi connectivity index (χ4v) is 6.70. The fourth-order valence-electron chi connectivity index (χ4n) is 3.65. The molecule has 2 aromatic rings. The van der Waals surface area contributed by atoms with Crippen molar-refractivity contribution in [1.82, 2.24) is 19.5 Å². The van der Waals surface area contributed by atoms with E-state index in [1.807, 2.05) is 0 Å². The maximum Gasteiger partial charge on any atom is 0.490 e. The van der Waals surface area contributed by atoms with Crippen molar-refractivity contribution in [2.75, 3.05) is 25.0 Å². The monoisotopic (exact) mass is 616 g/mol. The van der Waals surface area contributed by atoms with Crippen LogP contribution in [-0.4, -0.2) is 76.1 Å². The molecule has 3 heterocycles. The van der Waals surface area contributed by atoms with Crippen LogP contribution in [0, 0.1) is 0 Å². The van der Waals surface area contributed by atoms with Crippen molar-refractivity contribution in [3.05, 3.63) is 23.1 Å². The van der Waals surface area contributed by atoms with Crippen molar-refractivity contribution < 1.29 is 56.3 Å². The Hall–Kier alpha value is -2.01. The second-order valence-electron chi connectivity index (χ2n) is 8.18. The number of ether oxygens (including phenoxy) is 1. The summed E-state index contributed by atoms with van der Waals surface area (Å²) in [6.45, 7) is 0.363. The van der Waals surface area contributed by atoms with E-state index in [2.05, 4.69) is 43.4 Å². The number of rotatable bonds is 16. The molecule has 0 aliphatic carbocycles. The van der Waals surface area contributed by atoms with Crippen LogP contribution < -0.4 is 5.32 Å². The minimum atomic E-state index is -5.65. The highest BCUT2D eigenvalue weighted by atomic mass is 31.3. The second kappa shape index (κ2) is 13.6. The molecule has 6 N–H and O–H groups in total. The molecule has 1 aliphatic heterocycles. The Kier molecular flexibility index (Phi) is 11.0. The topological polar surface area (TPSA) is 294 Å². The summed E-state index contributed by atoms with van der Waals surface area (Å²) in [7, 11) is -16.5. The summed E-state index contributed by atoms with van der Waals surface area (Å²) in [4.78, 5) is 51.4. The van der Waals surface area contributed by atoms with E-state index < -0.39 is 48.5 Å². The Labute approximate surface area is 220 Å². The van der Waals surface area contributed by atoms with Gasteiger partial charge < -0.3 is 34.7 Å². The van der Waals surface area contributed by atoms with Crippen LogP contribution >= 0.6 is 23.5 Å². The maximum absolute atomic E-state index is 11.9. The van der Waals surface area contributed by atoms with E-state index in [1.165, 1.54) is 17.2 Å². The average Bonchev–Trinajstić information content (AvgIpc) is 3.40. The summed E-state index contributed by atoms with van der Waals surface area (Å²) in [6.07, 6.45) is 2.91. The molecular formula is C16H27N8O12P3. The van der Waals surface area contributed by atoms with Gasteiger partial charge in [-0.15, -0.1) is 0 Å². The predicted molar refractivity (Wildman–Crippen MR) is 131 cm³/mol. The molecule has 3 rings (SSSR count). The normalized spacial score (nSPS) is 22.7. The Bertz CT molecular complexity index is 1320. The lowest BCUT2D eigenvalue weighted by molar-refractivity contribution is -0.0481. The zero-order valence-electron chi connectivity index (χ0n) is 20.1. The summed E-state index contributed by atoms with van der Waals surface area (Å²) in [5.74, 6) is 0.463. The smallest absolute Gasteiger partial charge is 0.388 e. The lowest BCUT2D eigenvalue weighted by Gasteiger charge is -2.19. The van der Waals surface area contributed by atoms with Crippen molar-refractivity contribution in [2.24, 2.45) is 5.11 Å². The highest BCUT2D eigenvalue weighted by molar-refractivity contribution is 7.66. The molecule has 0 saturated carbocycles. The third-order valence-electron chi connectivity index (χ3n) is 5.18. The van der Waals surface area contributed by atoms with Crippen molar-refractivity contribution in [2.45, 2.75) is 50.5 Å². The minimum absolute atomic E-state index is 0.0873. The molecule has 0 spiro atoms. The Balaban J connectivity index is 1.56. The van der Waals surface area contributed by atoms with Crippen LogP contribution in [0.25, 0.3) is 21.6 Å². The molecule has 1 saturated heterocycles. The number of azide groups is 1. The molecule has 2 aromatic heterocycles. The molecule has 0 amide bonds. The third kappa shape index (κ3) is 9.84. The van der Waals surface area contributed by atoms with Crippen LogP contribution in [0.5, 0.6) is 0 Å². The number of hydrogen-bond acceptors (Lipinski definition) is 13. The van der Waals surface area contributed by atoms with Crippen LogP contribution in [0.1, 0.15) is 38.3 Å². The van der Waals surface area contributed by atoms with Gasteiger partial charge in [0.1, 0.15) is 12.4 Å². The molecule has 218 valence electrons. The quantitative estimate of drug-likeness (QED) is 0.0517. The van der Waals surface area contributed by atoms with E-state index in [4.69, 9.17) is 20.1 Å². The van der Waals surface area contributed by atoms with Gasteiger partial charge in [0.15, 0.2) is 23.2 Å². The van der Waals surface area contributed by atoms with Gasteiger partial charge in [-0.05, 0) is 18.4 Å². The number of hydrogen-bond donors (Lipinski definition) is 6. The first kappa shape index (κ1) is 31.5. The summed E-state index contributed by atoms with van der Waals surface area (Å²) < 4.78 is 53.1. The lowest BCUT2D eigenvalue weighted by atomic mass is 10.2. The minimum Gasteiger partial charge on any atom is -0.388 e. The van der Waals surface area contributed by atoms with Crippen LogP contribution in [0.3, 0.4) is 0 Å². The van der Waals surface area contributed by atoms with Gasteiger partial charge >= 0.3 is 23.5 Å². The molecule has 0 radical (unpaired) electrons. The van der Waals surface area contributed by atoms with Gasteiger partial charge in [-0.1, -0.05) is 18.0 Å². The van der Waals surface area contributed by atoms with Crippen LogP contribution in [-0.2, 0) is 31.6 Å². The first-order chi connectivity index (χ1) is 18.3. The summed E-state index contributed by atoms with van der Waals surface area (Å²) in [6, 6.07) is 0. The number of nitrogens with zero attached hydrogens (tertiary/aromatic N) is 7. The zero-order valence-corrected chi connectivity index (χ0v) is 22.8. The van der Waals surface area contributed by atoms with Gasteiger partial charge in [-0.25, -0.2) is 28.6 Å². The molecule has 1 fully saturated rings. The standard InChI is InChI=1S/C16H27N8O12P3/c17-23-22-6-4-2-1-3-5-18-14-13-15(20-9-19-14)24(10-21-13)16-12(25)7-11(34-16)8-33-38(29,30)36-39(31,32)35-37(26,27)28/h9-12,16,25H,1-8H2,(H,29,30)(H,31,32)(H,18,19,20)(H2,26,27,28)/t11-,12+,16+/m0/s1. The van der Waals surface area contributed by atoms with Crippen molar-refractivity contribution in [3.8, 4) is 0 Å². The predicted octanol–water partition coefficient (Wildman–Crippen LogP) is 2.10. The lowest BCUT2D eigenvalue weighted by Crippen LogP contribution is -2.19. The van der Waals surface area contributed by atoms with Gasteiger partial charge in [-0.3, -0.25) is 9.09 Å². The third-order valence-corrected chi connectivity index (χ3v) is 8.98. The molecule has 5 atom stereocenters. The number of fused-ring (bicyclic) bond motifs is 1. The first-order valence-corrected chi connectivity index (χ1v) is 15.9. The van der Waals surface area contributed by atoms with E-state index in [-0.39, 0.29) is 6.42 Å². The highest BCUT2D eigenvalue weighted by Gasteiger charge is 2.42. The summed E-state index contributed by atoms with van der Waals surface area (Å²) in [5, 5.41) is 17.2. The number of aliphatic hydroxyl groups excluding tert-OH is 1. The molecule has 2 unspecified atom stereocenters. The maximum atomic E-state index is 11.9. The Morgan fingerprint density at radius 2 is 1.85 bits per heavy atom. The molecule has 39 heavy (non-hydrogen) atoms. The molecular weight excluding hydrogens is 589 g/mol. The van der Waals surface area contributed by atoms with Crippen molar-refractivity contribution in [1.29, 1.82) is 0 Å². The Morgan fingerprint density at radius 3 is 2.56 bits per heavy atom. The van der Waals surface area contributed by atoms with Crippen LogP contribution in [0.2, 0.25) is 0 Å². The molecule has 0 aromatic carbocycles. The summed E-state index contributed by atoms with van der Waals surface area (Å²) >= 11 is 0. The van der Waals surface area contributed by atoms with E-state index in [1.54, 1.807) is 0 Å². The van der Waals surface area contributed by atoms with E-state index in [0.29, 0.717) is 30.1 Å². The molecule has 1 aliphatic rings. The zero-order chi connectivity index (χ0) is 28.7. The molecule has 23 heteroatoms. The van der Waals surface area contributed by atoms with Gasteiger partial charge in [-0.2, -0.15) is 8.62 Å². The van der Waals surface area contributed by atoms with Gasteiger partial charge in [0.2, 0.25) is 0 Å². The Morgan fingerprint density at radius 1 is 1.10 bits per heavy atom. The fraction of sp³-hybridized carbons (Fsp3) is 0.688. The molecule has 0 bridgehead atoms. The largest absolute Gasteiger partial charge is 0.490 e. The number of aromatic nitrogens is 4.